The van der Waals surface area contributed by atoms with Gasteiger partial charge in [0.15, 0.2) is 11.6 Å². The van der Waals surface area contributed by atoms with E-state index < -0.39 is 18.8 Å². The van der Waals surface area contributed by atoms with Gasteiger partial charge in [0.2, 0.25) is 0 Å². The molecule has 0 saturated carbocycles. The number of aromatic nitrogens is 2. The third-order valence-electron chi connectivity index (χ3n) is 1.62. The van der Waals surface area contributed by atoms with Crippen LogP contribution in [-0.4, -0.2) is 22.9 Å². The van der Waals surface area contributed by atoms with Crippen LogP contribution in [0.5, 0.6) is 0 Å². The third kappa shape index (κ3) is 2.58. The minimum absolute atomic E-state index is 0.169. The molecule has 0 aromatic carbocycles. The van der Waals surface area contributed by atoms with Crippen molar-refractivity contribution in [3.05, 3.63) is 17.8 Å². The van der Waals surface area contributed by atoms with Crippen molar-refractivity contribution in [3.63, 3.8) is 0 Å². The van der Waals surface area contributed by atoms with Crippen LogP contribution < -0.4 is 5.32 Å². The van der Waals surface area contributed by atoms with Crippen LogP contribution in [0.3, 0.4) is 0 Å². The van der Waals surface area contributed by atoms with Gasteiger partial charge in [0, 0.05) is 0 Å². The van der Waals surface area contributed by atoms with Gasteiger partial charge in [-0.3, -0.25) is 0 Å². The highest BCUT2D eigenvalue weighted by Crippen LogP contribution is 2.13. The lowest BCUT2D eigenvalue weighted by Gasteiger charge is -2.06. The SMILES string of the molecule is CCc1ncnc(NCC(F)F)c1F. The van der Waals surface area contributed by atoms with Crippen molar-refractivity contribution in [1.29, 1.82) is 0 Å². The molecule has 0 bridgehead atoms. The van der Waals surface area contributed by atoms with Crippen molar-refractivity contribution in [2.24, 2.45) is 0 Å². The van der Waals surface area contributed by atoms with Crippen LogP contribution in [-0.2, 0) is 6.42 Å². The standard InChI is InChI=1S/C8H10F3N3/c1-2-5-7(11)8(14-4-13-5)12-3-6(9)10/h4,6H,2-3H2,1H3,(H,12,13,14). The molecule has 1 heterocycles. The van der Waals surface area contributed by atoms with Crippen molar-refractivity contribution in [1.82, 2.24) is 9.97 Å². The van der Waals surface area contributed by atoms with Crippen LogP contribution in [0.1, 0.15) is 12.6 Å². The van der Waals surface area contributed by atoms with E-state index in [0.29, 0.717) is 6.42 Å². The molecular formula is C8H10F3N3. The van der Waals surface area contributed by atoms with E-state index in [1.165, 1.54) is 0 Å². The van der Waals surface area contributed by atoms with E-state index in [4.69, 9.17) is 0 Å². The second-order valence-corrected chi connectivity index (χ2v) is 2.61. The number of hydrogen-bond acceptors (Lipinski definition) is 3. The molecule has 1 N–H and O–H groups in total. The quantitative estimate of drug-likeness (QED) is 0.815. The van der Waals surface area contributed by atoms with Crippen LogP contribution in [0.2, 0.25) is 0 Å². The van der Waals surface area contributed by atoms with Gasteiger partial charge in [0.1, 0.15) is 6.33 Å². The van der Waals surface area contributed by atoms with E-state index in [2.05, 4.69) is 15.3 Å². The maximum Gasteiger partial charge on any atom is 0.255 e. The number of hydrogen-bond donors (Lipinski definition) is 1. The Bertz CT molecular complexity index is 304. The molecule has 1 aromatic rings. The Kier molecular flexibility index (Phi) is 3.67. The Labute approximate surface area is 79.4 Å². The second kappa shape index (κ2) is 4.78. The van der Waals surface area contributed by atoms with Gasteiger partial charge < -0.3 is 5.32 Å². The molecule has 78 valence electrons. The van der Waals surface area contributed by atoms with Crippen LogP contribution in [0.4, 0.5) is 19.0 Å². The van der Waals surface area contributed by atoms with E-state index in [0.717, 1.165) is 6.33 Å². The molecule has 0 fully saturated rings. The summed E-state index contributed by atoms with van der Waals surface area (Å²) < 4.78 is 36.9. The number of nitrogens with zero attached hydrogens (tertiary/aromatic N) is 2. The highest BCUT2D eigenvalue weighted by atomic mass is 19.3. The van der Waals surface area contributed by atoms with Gasteiger partial charge in [-0.15, -0.1) is 0 Å². The van der Waals surface area contributed by atoms with Crippen molar-refractivity contribution in [2.75, 3.05) is 11.9 Å². The highest BCUT2D eigenvalue weighted by Gasteiger charge is 2.10. The summed E-state index contributed by atoms with van der Waals surface area (Å²) in [6.45, 7) is 1.11. The summed E-state index contributed by atoms with van der Waals surface area (Å²) in [6, 6.07) is 0. The number of alkyl halides is 2. The molecule has 0 saturated heterocycles. The summed E-state index contributed by atoms with van der Waals surface area (Å²) >= 11 is 0. The smallest absolute Gasteiger partial charge is 0.255 e. The van der Waals surface area contributed by atoms with Gasteiger partial charge in [-0.1, -0.05) is 6.92 Å². The first-order valence-corrected chi connectivity index (χ1v) is 4.16. The molecule has 0 aliphatic rings. The summed E-state index contributed by atoms with van der Waals surface area (Å²) in [5, 5.41) is 2.21. The predicted octanol–water partition coefficient (Wildman–Crippen LogP) is 1.86. The average Bonchev–Trinajstić information content (AvgIpc) is 2.16. The molecule has 3 nitrogen and oxygen atoms in total. The average molecular weight is 205 g/mol. The monoisotopic (exact) mass is 205 g/mol. The van der Waals surface area contributed by atoms with E-state index in [1.807, 2.05) is 0 Å². The largest absolute Gasteiger partial charge is 0.362 e. The molecule has 6 heteroatoms. The number of halogens is 3. The first-order valence-electron chi connectivity index (χ1n) is 4.16. The topological polar surface area (TPSA) is 37.8 Å². The fraction of sp³-hybridized carbons (Fsp3) is 0.500. The number of nitrogens with one attached hydrogen (secondary N) is 1. The summed E-state index contributed by atoms with van der Waals surface area (Å²) in [4.78, 5) is 7.20. The Balaban J connectivity index is 2.76. The zero-order chi connectivity index (χ0) is 10.6. The van der Waals surface area contributed by atoms with E-state index in [1.54, 1.807) is 6.92 Å². The zero-order valence-electron chi connectivity index (χ0n) is 7.60. The molecule has 1 rings (SSSR count). The number of aryl methyl sites for hydroxylation is 1. The maximum absolute atomic E-state index is 13.3. The summed E-state index contributed by atoms with van der Waals surface area (Å²) in [5.41, 5.74) is 0.219. The minimum atomic E-state index is -2.53. The van der Waals surface area contributed by atoms with Gasteiger partial charge in [0.25, 0.3) is 6.43 Å². The van der Waals surface area contributed by atoms with Crippen molar-refractivity contribution in [3.8, 4) is 0 Å². The first-order chi connectivity index (χ1) is 6.65. The van der Waals surface area contributed by atoms with E-state index in [9.17, 15) is 13.2 Å². The lowest BCUT2D eigenvalue weighted by molar-refractivity contribution is 0.163. The Morgan fingerprint density at radius 3 is 2.71 bits per heavy atom. The van der Waals surface area contributed by atoms with Crippen LogP contribution in [0.15, 0.2) is 6.33 Å². The van der Waals surface area contributed by atoms with Crippen molar-refractivity contribution >= 4 is 5.82 Å². The molecule has 14 heavy (non-hydrogen) atoms. The van der Waals surface area contributed by atoms with E-state index in [-0.39, 0.29) is 11.5 Å². The minimum Gasteiger partial charge on any atom is -0.362 e. The molecule has 0 amide bonds. The Morgan fingerprint density at radius 2 is 2.14 bits per heavy atom. The van der Waals surface area contributed by atoms with Crippen LogP contribution in [0.25, 0.3) is 0 Å². The third-order valence-corrected chi connectivity index (χ3v) is 1.62. The molecule has 0 radical (unpaired) electrons. The molecule has 0 aliphatic carbocycles. The molecule has 0 unspecified atom stereocenters. The Hall–Kier alpha value is -1.33. The number of anilines is 1. The maximum atomic E-state index is 13.3. The zero-order valence-corrected chi connectivity index (χ0v) is 7.60. The van der Waals surface area contributed by atoms with Crippen LogP contribution in [0, 0.1) is 5.82 Å². The fourth-order valence-corrected chi connectivity index (χ4v) is 0.950. The number of rotatable bonds is 4. The molecule has 0 spiro atoms. The van der Waals surface area contributed by atoms with Crippen molar-refractivity contribution < 1.29 is 13.2 Å². The summed E-state index contributed by atoms with van der Waals surface area (Å²) in [5.74, 6) is -0.826. The van der Waals surface area contributed by atoms with Gasteiger partial charge in [-0.25, -0.2) is 23.1 Å². The normalized spacial score (nSPS) is 10.6. The molecule has 1 aromatic heterocycles. The molecule has 0 atom stereocenters. The second-order valence-electron chi connectivity index (χ2n) is 2.61. The predicted molar refractivity (Wildman–Crippen MR) is 45.9 cm³/mol. The first kappa shape index (κ1) is 10.7. The lowest BCUT2D eigenvalue weighted by atomic mass is 10.3. The van der Waals surface area contributed by atoms with Crippen LogP contribution >= 0.6 is 0 Å². The summed E-state index contributed by atoms with van der Waals surface area (Å²) in [6.07, 6.45) is -0.984. The van der Waals surface area contributed by atoms with Gasteiger partial charge >= 0.3 is 0 Å². The molecular weight excluding hydrogens is 195 g/mol. The molecule has 0 aliphatic heterocycles. The lowest BCUT2D eigenvalue weighted by Crippen LogP contribution is -2.13. The highest BCUT2D eigenvalue weighted by molar-refractivity contribution is 5.37. The fourth-order valence-electron chi connectivity index (χ4n) is 0.950. The van der Waals surface area contributed by atoms with Gasteiger partial charge in [-0.2, -0.15) is 0 Å². The Morgan fingerprint density at radius 1 is 1.43 bits per heavy atom. The van der Waals surface area contributed by atoms with E-state index >= 15 is 0 Å². The van der Waals surface area contributed by atoms with Gasteiger partial charge in [0.05, 0.1) is 12.2 Å². The van der Waals surface area contributed by atoms with Gasteiger partial charge in [-0.05, 0) is 6.42 Å². The van der Waals surface area contributed by atoms with Crippen molar-refractivity contribution in [2.45, 2.75) is 19.8 Å². The summed E-state index contributed by atoms with van der Waals surface area (Å²) in [7, 11) is 0.